The zero-order valence-corrected chi connectivity index (χ0v) is 20.1. The molecule has 1 heterocycles. The number of non-ortho nitro benzene ring substituents is 1. The highest BCUT2D eigenvalue weighted by molar-refractivity contribution is 9.10. The molecule has 0 fully saturated rings. The summed E-state index contributed by atoms with van der Waals surface area (Å²) in [5.74, 6) is -3.56. The number of benzene rings is 4. The van der Waals surface area contributed by atoms with Crippen molar-refractivity contribution < 1.29 is 29.2 Å². The van der Waals surface area contributed by atoms with E-state index in [1.165, 1.54) is 66.7 Å². The maximum absolute atomic E-state index is 13.4. The number of imide groups is 1. The number of anilines is 2. The second-order valence-corrected chi connectivity index (χ2v) is 8.96. The topological polar surface area (TPSA) is 150 Å². The lowest BCUT2D eigenvalue weighted by atomic mass is 9.92. The van der Waals surface area contributed by atoms with Crippen molar-refractivity contribution in [1.82, 2.24) is 0 Å². The molecular weight excluding hydrogens is 546 g/mol. The number of carboxylic acids is 1. The van der Waals surface area contributed by atoms with E-state index in [4.69, 9.17) is 0 Å². The number of carboxylic acid groups (broad SMARTS) is 1. The van der Waals surface area contributed by atoms with Crippen LogP contribution in [-0.2, 0) is 0 Å². The monoisotopic (exact) mass is 558 g/mol. The molecule has 0 aliphatic carbocycles. The molecule has 1 aliphatic rings. The van der Waals surface area contributed by atoms with Crippen LogP contribution in [0.1, 0.15) is 41.4 Å². The molecule has 0 spiro atoms. The number of hydrogen-bond donors (Lipinski definition) is 1. The van der Waals surface area contributed by atoms with Gasteiger partial charge in [-0.05, 0) is 54.6 Å². The Hall–Kier alpha value is -4.90. The van der Waals surface area contributed by atoms with Gasteiger partial charge in [0.05, 0.1) is 27.7 Å². The van der Waals surface area contributed by atoms with E-state index < -0.39 is 28.6 Å². The van der Waals surface area contributed by atoms with E-state index in [2.05, 4.69) is 21.2 Å². The molecule has 1 N–H and O–H groups in total. The number of aromatic carboxylic acids is 1. The Morgan fingerprint density at radius 1 is 0.892 bits per heavy atom. The van der Waals surface area contributed by atoms with E-state index in [9.17, 15) is 34.4 Å². The van der Waals surface area contributed by atoms with Gasteiger partial charge in [-0.1, -0.05) is 28.1 Å². The Labute approximate surface area is 216 Å². The molecule has 5 rings (SSSR count). The van der Waals surface area contributed by atoms with E-state index in [0.29, 0.717) is 4.47 Å². The summed E-state index contributed by atoms with van der Waals surface area (Å²) >= 11 is 3.17. The summed E-state index contributed by atoms with van der Waals surface area (Å²) < 4.78 is 0.481. The summed E-state index contributed by atoms with van der Waals surface area (Å²) in [5, 5.41) is 25.8. The van der Waals surface area contributed by atoms with Crippen LogP contribution >= 0.6 is 15.9 Å². The van der Waals surface area contributed by atoms with Gasteiger partial charge in [-0.3, -0.25) is 24.5 Å². The van der Waals surface area contributed by atoms with E-state index in [1.54, 1.807) is 6.07 Å². The van der Waals surface area contributed by atoms with Crippen LogP contribution in [0.25, 0.3) is 10.8 Å². The zero-order valence-electron chi connectivity index (χ0n) is 18.6. The number of nitro benzene ring substituents is 1. The molecule has 182 valence electrons. The minimum atomic E-state index is -1.48. The fourth-order valence-corrected chi connectivity index (χ4v) is 4.61. The molecule has 0 bridgehead atoms. The van der Waals surface area contributed by atoms with Crippen molar-refractivity contribution in [2.45, 2.75) is 0 Å². The van der Waals surface area contributed by atoms with Crippen LogP contribution < -0.4 is 15.3 Å². The standard InChI is InChI=1S/C26H14BrN3O7/c27-14-7-9-20(19(12-14)26(34)35)28-23(31)13-3-1-4-15(11-13)29-24(32)17-6-2-5-16-21(30(36)37)10-8-18(22(16)17)25(29)33/h1-12H,(H,28,31)(H,34,35)/p-1. The molecule has 4 aromatic carbocycles. The summed E-state index contributed by atoms with van der Waals surface area (Å²) in [4.78, 5) is 62.9. The minimum absolute atomic E-state index is 0.00549. The number of hydrogen-bond acceptors (Lipinski definition) is 7. The second-order valence-electron chi connectivity index (χ2n) is 8.05. The Kier molecular flexibility index (Phi) is 5.76. The number of nitro groups is 1. The Balaban J connectivity index is 1.53. The lowest BCUT2D eigenvalue weighted by molar-refractivity contribution is -0.383. The maximum atomic E-state index is 13.4. The van der Waals surface area contributed by atoms with E-state index in [0.717, 1.165) is 4.90 Å². The molecule has 4 aromatic rings. The van der Waals surface area contributed by atoms with Gasteiger partial charge in [0.25, 0.3) is 23.4 Å². The van der Waals surface area contributed by atoms with Crippen LogP contribution in [0.4, 0.5) is 17.1 Å². The Morgan fingerprint density at radius 2 is 1.59 bits per heavy atom. The molecule has 0 aromatic heterocycles. The van der Waals surface area contributed by atoms with Gasteiger partial charge >= 0.3 is 0 Å². The maximum Gasteiger partial charge on any atom is 0.277 e. The van der Waals surface area contributed by atoms with Gasteiger partial charge in [-0.2, -0.15) is 0 Å². The number of amides is 3. The number of rotatable bonds is 5. The van der Waals surface area contributed by atoms with Gasteiger partial charge in [-0.25, -0.2) is 4.90 Å². The molecule has 0 saturated carbocycles. The number of carbonyl (C=O) groups is 4. The molecule has 0 unspecified atom stereocenters. The highest BCUT2D eigenvalue weighted by Gasteiger charge is 2.35. The first-order valence-corrected chi connectivity index (χ1v) is 11.5. The molecule has 0 saturated heterocycles. The van der Waals surface area contributed by atoms with Crippen molar-refractivity contribution in [3.63, 3.8) is 0 Å². The van der Waals surface area contributed by atoms with Crippen molar-refractivity contribution >= 4 is 67.5 Å². The van der Waals surface area contributed by atoms with Gasteiger partial charge in [0.2, 0.25) is 0 Å². The van der Waals surface area contributed by atoms with Crippen LogP contribution in [0.2, 0.25) is 0 Å². The van der Waals surface area contributed by atoms with Gasteiger partial charge in [-0.15, -0.1) is 0 Å². The molecule has 10 nitrogen and oxygen atoms in total. The average molecular weight is 559 g/mol. The van der Waals surface area contributed by atoms with E-state index in [-0.39, 0.29) is 50.1 Å². The molecule has 3 amide bonds. The fourth-order valence-electron chi connectivity index (χ4n) is 4.25. The van der Waals surface area contributed by atoms with Gasteiger partial charge < -0.3 is 15.2 Å². The lowest BCUT2D eigenvalue weighted by Crippen LogP contribution is -2.40. The average Bonchev–Trinajstić information content (AvgIpc) is 2.88. The van der Waals surface area contributed by atoms with Gasteiger partial charge in [0.1, 0.15) is 0 Å². The quantitative estimate of drug-likeness (QED) is 0.221. The van der Waals surface area contributed by atoms with E-state index in [1.807, 2.05) is 0 Å². The minimum Gasteiger partial charge on any atom is -0.545 e. The lowest BCUT2D eigenvalue weighted by Gasteiger charge is -2.27. The first kappa shape index (κ1) is 23.8. The van der Waals surface area contributed by atoms with Crippen molar-refractivity contribution in [2.75, 3.05) is 10.2 Å². The van der Waals surface area contributed by atoms with Crippen LogP contribution in [-0.4, -0.2) is 28.6 Å². The first-order valence-electron chi connectivity index (χ1n) is 10.7. The number of nitrogens with one attached hydrogen (secondary N) is 1. The number of halogens is 1. The summed E-state index contributed by atoms with van der Waals surface area (Å²) in [5.41, 5.74) is -0.0852. The van der Waals surface area contributed by atoms with Crippen molar-refractivity contribution in [3.8, 4) is 0 Å². The van der Waals surface area contributed by atoms with Crippen LogP contribution in [0.5, 0.6) is 0 Å². The molecule has 0 radical (unpaired) electrons. The first-order chi connectivity index (χ1) is 17.7. The van der Waals surface area contributed by atoms with Crippen molar-refractivity contribution in [1.29, 1.82) is 0 Å². The predicted octanol–water partition coefficient (Wildman–Crippen LogP) is 3.93. The number of carbonyl (C=O) groups excluding carboxylic acids is 4. The van der Waals surface area contributed by atoms with Gasteiger partial charge in [0, 0.05) is 38.2 Å². The molecule has 11 heteroatoms. The zero-order chi connectivity index (χ0) is 26.4. The van der Waals surface area contributed by atoms with E-state index >= 15 is 0 Å². The van der Waals surface area contributed by atoms with Crippen LogP contribution in [0, 0.1) is 10.1 Å². The third-order valence-electron chi connectivity index (χ3n) is 5.90. The highest BCUT2D eigenvalue weighted by atomic mass is 79.9. The van der Waals surface area contributed by atoms with Crippen molar-refractivity contribution in [3.05, 3.63) is 110 Å². The summed E-state index contributed by atoms with van der Waals surface area (Å²) in [6.07, 6.45) is 0. The fraction of sp³-hybridized carbons (Fsp3) is 0. The summed E-state index contributed by atoms with van der Waals surface area (Å²) in [7, 11) is 0. The van der Waals surface area contributed by atoms with Crippen LogP contribution in [0.3, 0.4) is 0 Å². The summed E-state index contributed by atoms with van der Waals surface area (Å²) in [6, 6.07) is 16.9. The summed E-state index contributed by atoms with van der Waals surface area (Å²) in [6.45, 7) is 0. The SMILES string of the molecule is O=C(Nc1ccc(Br)cc1C(=O)[O-])c1cccc(N2C(=O)c3cccc4c([N+](=O)[O-])ccc(c34)C2=O)c1. The number of nitrogens with zero attached hydrogens (tertiary/aromatic N) is 2. The normalized spacial score (nSPS) is 12.5. The third-order valence-corrected chi connectivity index (χ3v) is 6.39. The predicted molar refractivity (Wildman–Crippen MR) is 135 cm³/mol. The molecule has 0 atom stereocenters. The second kappa shape index (κ2) is 8.95. The van der Waals surface area contributed by atoms with Crippen LogP contribution in [0.15, 0.2) is 77.3 Å². The third kappa shape index (κ3) is 4.00. The smallest absolute Gasteiger partial charge is 0.277 e. The largest absolute Gasteiger partial charge is 0.545 e. The van der Waals surface area contributed by atoms with Gasteiger partial charge in [0.15, 0.2) is 0 Å². The molecular formula is C26H13BrN3O7-. The molecule has 37 heavy (non-hydrogen) atoms. The Bertz CT molecular complexity index is 1680. The molecule has 1 aliphatic heterocycles. The van der Waals surface area contributed by atoms with Crippen molar-refractivity contribution in [2.24, 2.45) is 0 Å². The highest BCUT2D eigenvalue weighted by Crippen LogP contribution is 2.37. The Morgan fingerprint density at radius 3 is 2.30 bits per heavy atom.